The van der Waals surface area contributed by atoms with E-state index < -0.39 is 0 Å². The zero-order valence-corrected chi connectivity index (χ0v) is 15.5. The van der Waals surface area contributed by atoms with E-state index in [-0.39, 0.29) is 30.2 Å². The maximum atomic E-state index is 13.1. The number of fused-ring (bicyclic) bond motifs is 1. The number of aromatic nitrogens is 6. The van der Waals surface area contributed by atoms with Gasteiger partial charge in [-0.3, -0.25) is 14.2 Å². The second-order valence-electron chi connectivity index (χ2n) is 5.94. The van der Waals surface area contributed by atoms with Crippen LogP contribution in [0.3, 0.4) is 0 Å². The Hall–Kier alpha value is -3.47. The number of hydrogen-bond acceptors (Lipinski definition) is 7. The molecule has 0 fully saturated rings. The first-order valence-corrected chi connectivity index (χ1v) is 9.12. The third-order valence-electron chi connectivity index (χ3n) is 3.98. The molecule has 1 aromatic carbocycles. The average Bonchev–Trinajstić information content (AvgIpc) is 3.28. The molecule has 0 spiro atoms. The molecule has 0 aliphatic carbocycles. The van der Waals surface area contributed by atoms with Gasteiger partial charge >= 0.3 is 0 Å². The Morgan fingerprint density at radius 1 is 1.25 bits per heavy atom. The topological polar surface area (TPSA) is 108 Å². The third kappa shape index (κ3) is 3.51. The molecule has 0 saturated heterocycles. The second kappa shape index (κ2) is 7.27. The lowest BCUT2D eigenvalue weighted by Crippen LogP contribution is -2.23. The number of amides is 1. The molecule has 4 rings (SSSR count). The summed E-state index contributed by atoms with van der Waals surface area (Å²) < 4.78 is 15.9. The first-order valence-electron chi connectivity index (χ1n) is 8.30. The van der Waals surface area contributed by atoms with Crippen LogP contribution >= 0.6 is 11.3 Å². The molecule has 28 heavy (non-hydrogen) atoms. The fourth-order valence-electron chi connectivity index (χ4n) is 2.63. The summed E-state index contributed by atoms with van der Waals surface area (Å²) >= 11 is 1.27. The number of carbonyl (C=O) groups is 1. The normalized spacial score (nSPS) is 11.1. The van der Waals surface area contributed by atoms with E-state index in [1.54, 1.807) is 19.1 Å². The summed E-state index contributed by atoms with van der Waals surface area (Å²) in [6, 6.07) is 5.72. The summed E-state index contributed by atoms with van der Waals surface area (Å²) in [4.78, 5) is 29.0. The van der Waals surface area contributed by atoms with Gasteiger partial charge in [-0.1, -0.05) is 11.3 Å². The van der Waals surface area contributed by atoms with Gasteiger partial charge in [-0.25, -0.2) is 14.1 Å². The van der Waals surface area contributed by atoms with Crippen LogP contribution in [-0.2, 0) is 11.3 Å². The van der Waals surface area contributed by atoms with Crippen molar-refractivity contribution in [1.82, 2.24) is 29.5 Å². The maximum absolute atomic E-state index is 13.1. The Morgan fingerprint density at radius 2 is 2.04 bits per heavy atom. The van der Waals surface area contributed by atoms with E-state index in [2.05, 4.69) is 25.6 Å². The fraction of sp³-hybridized carbons (Fsp3) is 0.176. The largest absolute Gasteiger partial charge is 0.300 e. The van der Waals surface area contributed by atoms with Crippen LogP contribution in [0.5, 0.6) is 0 Å². The number of hydrogen-bond donors (Lipinski definition) is 1. The van der Waals surface area contributed by atoms with Gasteiger partial charge in [0, 0.05) is 13.0 Å². The van der Waals surface area contributed by atoms with E-state index >= 15 is 0 Å². The predicted molar refractivity (Wildman–Crippen MR) is 101 cm³/mol. The summed E-state index contributed by atoms with van der Waals surface area (Å²) in [5, 5.41) is 16.0. The molecule has 0 aliphatic heterocycles. The van der Waals surface area contributed by atoms with Crippen molar-refractivity contribution in [3.8, 4) is 5.69 Å². The molecular weight excluding hydrogens is 385 g/mol. The summed E-state index contributed by atoms with van der Waals surface area (Å²) in [6.45, 7) is 1.95. The van der Waals surface area contributed by atoms with Crippen molar-refractivity contribution in [1.29, 1.82) is 0 Å². The first-order chi connectivity index (χ1) is 13.5. The number of carbonyl (C=O) groups excluding carboxylic acids is 1. The Labute approximate surface area is 161 Å². The van der Waals surface area contributed by atoms with E-state index in [1.807, 2.05) is 0 Å². The van der Waals surface area contributed by atoms with Gasteiger partial charge in [-0.05, 0) is 31.2 Å². The highest BCUT2D eigenvalue weighted by Gasteiger charge is 2.13. The first kappa shape index (κ1) is 17.9. The number of benzene rings is 1. The number of nitrogens with zero attached hydrogens (tertiary/aromatic N) is 6. The lowest BCUT2D eigenvalue weighted by atomic mass is 10.3. The van der Waals surface area contributed by atoms with Gasteiger partial charge in [0.05, 0.1) is 18.2 Å². The molecule has 4 aromatic rings. The molecule has 0 aliphatic rings. The fourth-order valence-corrected chi connectivity index (χ4v) is 3.24. The monoisotopic (exact) mass is 399 g/mol. The quantitative estimate of drug-likeness (QED) is 0.549. The van der Waals surface area contributed by atoms with Crippen LogP contribution in [0, 0.1) is 12.7 Å². The Kier molecular flexibility index (Phi) is 4.65. The highest BCUT2D eigenvalue weighted by molar-refractivity contribution is 7.15. The summed E-state index contributed by atoms with van der Waals surface area (Å²) in [5.74, 6) is -0.636. The number of aryl methyl sites for hydroxylation is 2. The van der Waals surface area contributed by atoms with E-state index in [1.165, 1.54) is 45.2 Å². The molecule has 9 nitrogen and oxygen atoms in total. The van der Waals surface area contributed by atoms with Gasteiger partial charge in [0.1, 0.15) is 16.2 Å². The molecule has 3 aromatic heterocycles. The summed E-state index contributed by atoms with van der Waals surface area (Å²) in [5.41, 5.74) is 0.646. The molecule has 0 unspecified atom stereocenters. The molecule has 1 N–H and O–H groups in total. The highest BCUT2D eigenvalue weighted by atomic mass is 32.1. The van der Waals surface area contributed by atoms with Crippen molar-refractivity contribution < 1.29 is 9.18 Å². The molecular formula is C17H14FN7O2S. The Bertz CT molecular complexity index is 1210. The van der Waals surface area contributed by atoms with Gasteiger partial charge < -0.3 is 5.32 Å². The van der Waals surface area contributed by atoms with Crippen molar-refractivity contribution in [2.24, 2.45) is 0 Å². The van der Waals surface area contributed by atoms with Crippen LogP contribution in [0.2, 0.25) is 0 Å². The lowest BCUT2D eigenvalue weighted by Gasteiger charge is -2.06. The molecule has 0 radical (unpaired) electrons. The Balaban J connectivity index is 1.53. The van der Waals surface area contributed by atoms with Gasteiger partial charge in [0.2, 0.25) is 11.0 Å². The number of nitrogens with one attached hydrogen (secondary N) is 1. The summed E-state index contributed by atoms with van der Waals surface area (Å²) in [7, 11) is 0. The van der Waals surface area contributed by atoms with Gasteiger partial charge in [-0.2, -0.15) is 5.10 Å². The van der Waals surface area contributed by atoms with Crippen LogP contribution in [0.1, 0.15) is 11.4 Å². The molecule has 0 saturated carbocycles. The molecule has 3 heterocycles. The minimum absolute atomic E-state index is 0.0812. The van der Waals surface area contributed by atoms with E-state index in [9.17, 15) is 14.0 Å². The molecule has 0 bridgehead atoms. The highest BCUT2D eigenvalue weighted by Crippen LogP contribution is 2.15. The van der Waals surface area contributed by atoms with E-state index in [0.717, 1.165) is 5.01 Å². The Morgan fingerprint density at radius 3 is 2.75 bits per heavy atom. The average molecular weight is 399 g/mol. The minimum Gasteiger partial charge on any atom is -0.300 e. The summed E-state index contributed by atoms with van der Waals surface area (Å²) in [6.07, 6.45) is 2.86. The van der Waals surface area contributed by atoms with Crippen molar-refractivity contribution >= 4 is 33.4 Å². The van der Waals surface area contributed by atoms with Gasteiger partial charge in [0.15, 0.2) is 5.65 Å². The smallest absolute Gasteiger partial charge is 0.264 e. The zero-order valence-electron chi connectivity index (χ0n) is 14.7. The van der Waals surface area contributed by atoms with Crippen LogP contribution in [-0.4, -0.2) is 35.4 Å². The number of anilines is 1. The van der Waals surface area contributed by atoms with Crippen molar-refractivity contribution in [3.63, 3.8) is 0 Å². The third-order valence-corrected chi connectivity index (χ3v) is 4.73. The van der Waals surface area contributed by atoms with Crippen LogP contribution < -0.4 is 10.9 Å². The van der Waals surface area contributed by atoms with Crippen molar-refractivity contribution in [2.75, 3.05) is 5.32 Å². The molecule has 1 amide bonds. The van der Waals surface area contributed by atoms with Crippen LogP contribution in [0.25, 0.3) is 16.7 Å². The van der Waals surface area contributed by atoms with Gasteiger partial charge in [0.25, 0.3) is 5.56 Å². The van der Waals surface area contributed by atoms with Gasteiger partial charge in [-0.15, -0.1) is 10.2 Å². The standard InChI is InChI=1S/C17H14FN7O2S/c1-10-22-23-17(28-10)21-14(26)6-7-24-9-19-15-13(16(24)27)8-20-25(15)12-4-2-11(18)3-5-12/h2-5,8-9H,6-7H2,1H3,(H,21,23,26). The van der Waals surface area contributed by atoms with Crippen LogP contribution in [0.4, 0.5) is 9.52 Å². The lowest BCUT2D eigenvalue weighted by molar-refractivity contribution is -0.116. The molecule has 0 atom stereocenters. The molecule has 142 valence electrons. The molecule has 11 heteroatoms. The SMILES string of the molecule is Cc1nnc(NC(=O)CCn2cnc3c(cnn3-c3ccc(F)cc3)c2=O)s1. The number of rotatable bonds is 5. The zero-order chi connectivity index (χ0) is 19.7. The number of halogens is 1. The second-order valence-corrected chi connectivity index (χ2v) is 7.12. The van der Waals surface area contributed by atoms with Crippen LogP contribution in [0.15, 0.2) is 41.6 Å². The van der Waals surface area contributed by atoms with E-state index in [0.29, 0.717) is 21.9 Å². The minimum atomic E-state index is -0.363. The predicted octanol–water partition coefficient (Wildman–Crippen LogP) is 1.91. The van der Waals surface area contributed by atoms with Crippen molar-refractivity contribution in [3.05, 3.63) is 58.0 Å². The van der Waals surface area contributed by atoms with Crippen molar-refractivity contribution in [2.45, 2.75) is 19.9 Å². The maximum Gasteiger partial charge on any atom is 0.264 e. The van der Waals surface area contributed by atoms with E-state index in [4.69, 9.17) is 0 Å².